The van der Waals surface area contributed by atoms with Crippen molar-refractivity contribution >= 4 is 38.7 Å². The van der Waals surface area contributed by atoms with Crippen LogP contribution >= 0.6 is 11.3 Å². The Morgan fingerprint density at radius 2 is 2.04 bits per heavy atom. The first-order valence-electron chi connectivity index (χ1n) is 8.73. The largest absolute Gasteiger partial charge is 0.494 e. The van der Waals surface area contributed by atoms with Gasteiger partial charge in [0.2, 0.25) is 5.91 Å². The average Bonchev–Trinajstić information content (AvgIpc) is 3.03. The highest BCUT2D eigenvalue weighted by molar-refractivity contribution is 7.22. The second-order valence-electron chi connectivity index (χ2n) is 6.08. The molecule has 134 valence electrons. The van der Waals surface area contributed by atoms with Gasteiger partial charge in [0.05, 0.1) is 16.8 Å². The highest BCUT2D eigenvalue weighted by atomic mass is 32.1. The van der Waals surface area contributed by atoms with Crippen molar-refractivity contribution in [2.45, 2.75) is 26.7 Å². The lowest BCUT2D eigenvalue weighted by atomic mass is 10.1. The molecule has 0 bridgehead atoms. The number of anilines is 1. The van der Waals surface area contributed by atoms with Crippen molar-refractivity contribution in [3.05, 3.63) is 59.7 Å². The molecule has 5 heteroatoms. The molecule has 0 saturated heterocycles. The zero-order valence-corrected chi connectivity index (χ0v) is 15.8. The van der Waals surface area contributed by atoms with Crippen LogP contribution in [0.4, 0.5) is 5.13 Å². The number of nitrogens with zero attached hydrogens (tertiary/aromatic N) is 1. The Morgan fingerprint density at radius 3 is 2.81 bits per heavy atom. The number of thiazole rings is 1. The van der Waals surface area contributed by atoms with Crippen LogP contribution in [0.3, 0.4) is 0 Å². The molecule has 0 unspecified atom stereocenters. The van der Waals surface area contributed by atoms with Crippen molar-refractivity contribution in [1.29, 1.82) is 0 Å². The Kier molecular flexibility index (Phi) is 6.02. The van der Waals surface area contributed by atoms with E-state index in [1.54, 1.807) is 6.08 Å². The molecule has 0 aliphatic carbocycles. The number of rotatable bonds is 7. The molecule has 26 heavy (non-hydrogen) atoms. The number of hydrogen-bond donors (Lipinski definition) is 1. The van der Waals surface area contributed by atoms with Crippen LogP contribution in [-0.2, 0) is 4.79 Å². The van der Waals surface area contributed by atoms with Gasteiger partial charge in [-0.1, -0.05) is 54.5 Å². The standard InChI is InChI=1S/C21H22N2O2S/c1-3-4-13-25-17-10-11-18-19(14-17)26-21(22-18)23-20(24)12-9-16-7-5-15(2)6-8-16/h5-12,14H,3-4,13H2,1-2H3,(H,22,23,24)/b12-9+. The molecule has 4 nitrogen and oxygen atoms in total. The first kappa shape index (κ1) is 18.1. The number of nitrogens with one attached hydrogen (secondary N) is 1. The summed E-state index contributed by atoms with van der Waals surface area (Å²) in [6, 6.07) is 13.8. The molecule has 1 heterocycles. The molecule has 1 amide bonds. The Bertz CT molecular complexity index is 913. The topological polar surface area (TPSA) is 51.2 Å². The van der Waals surface area contributed by atoms with E-state index in [0.29, 0.717) is 11.7 Å². The molecule has 0 aliphatic heterocycles. The van der Waals surface area contributed by atoms with E-state index in [1.807, 2.05) is 49.4 Å². The zero-order valence-electron chi connectivity index (χ0n) is 15.0. The van der Waals surface area contributed by atoms with E-state index in [1.165, 1.54) is 23.0 Å². The molecule has 0 atom stereocenters. The Labute approximate surface area is 157 Å². The smallest absolute Gasteiger partial charge is 0.250 e. The van der Waals surface area contributed by atoms with Crippen LogP contribution in [0.2, 0.25) is 0 Å². The molecule has 2 aromatic carbocycles. The molecule has 0 radical (unpaired) electrons. The highest BCUT2D eigenvalue weighted by Crippen LogP contribution is 2.29. The molecule has 3 rings (SSSR count). The maximum absolute atomic E-state index is 12.1. The summed E-state index contributed by atoms with van der Waals surface area (Å²) in [5.74, 6) is 0.649. The molecule has 0 aliphatic rings. The van der Waals surface area contributed by atoms with Crippen LogP contribution in [0.25, 0.3) is 16.3 Å². The van der Waals surface area contributed by atoms with Gasteiger partial charge in [0.25, 0.3) is 0 Å². The van der Waals surface area contributed by atoms with Crippen LogP contribution in [0, 0.1) is 6.92 Å². The van der Waals surface area contributed by atoms with Gasteiger partial charge < -0.3 is 4.74 Å². The summed E-state index contributed by atoms with van der Waals surface area (Å²) in [4.78, 5) is 16.6. The maximum Gasteiger partial charge on any atom is 0.250 e. The fraction of sp³-hybridized carbons (Fsp3) is 0.238. The van der Waals surface area contributed by atoms with Crippen LogP contribution < -0.4 is 10.1 Å². The molecule has 1 N–H and O–H groups in total. The van der Waals surface area contributed by atoms with Crippen LogP contribution in [0.5, 0.6) is 5.75 Å². The van der Waals surface area contributed by atoms with Gasteiger partial charge in [0.1, 0.15) is 5.75 Å². The molecule has 1 aromatic heterocycles. The number of carbonyl (C=O) groups excluding carboxylic acids is 1. The van der Waals surface area contributed by atoms with Crippen molar-refractivity contribution in [3.63, 3.8) is 0 Å². The molecule has 0 spiro atoms. The van der Waals surface area contributed by atoms with E-state index >= 15 is 0 Å². The SMILES string of the molecule is CCCCOc1ccc2nc(NC(=O)/C=C/c3ccc(C)cc3)sc2c1. The van der Waals surface area contributed by atoms with E-state index in [0.717, 1.165) is 34.4 Å². The number of amides is 1. The number of unbranched alkanes of at least 4 members (excludes halogenated alkanes) is 1. The lowest BCUT2D eigenvalue weighted by molar-refractivity contribution is -0.111. The van der Waals surface area contributed by atoms with Gasteiger partial charge in [0.15, 0.2) is 5.13 Å². The second kappa shape index (κ2) is 8.63. The summed E-state index contributed by atoms with van der Waals surface area (Å²) in [6.07, 6.45) is 5.46. The van der Waals surface area contributed by atoms with Gasteiger partial charge in [-0.3, -0.25) is 10.1 Å². The van der Waals surface area contributed by atoms with Crippen LogP contribution in [-0.4, -0.2) is 17.5 Å². The van der Waals surface area contributed by atoms with Crippen molar-refractivity contribution in [3.8, 4) is 5.75 Å². The summed E-state index contributed by atoms with van der Waals surface area (Å²) in [5.41, 5.74) is 3.04. The predicted octanol–water partition coefficient (Wildman–Crippen LogP) is 5.44. The van der Waals surface area contributed by atoms with E-state index in [4.69, 9.17) is 4.74 Å². The normalized spacial score (nSPS) is 11.2. The number of hydrogen-bond acceptors (Lipinski definition) is 4. The van der Waals surface area contributed by atoms with E-state index in [-0.39, 0.29) is 5.91 Å². The first-order valence-corrected chi connectivity index (χ1v) is 9.55. The van der Waals surface area contributed by atoms with Gasteiger partial charge in [-0.25, -0.2) is 4.98 Å². The third-order valence-electron chi connectivity index (χ3n) is 3.86. The zero-order chi connectivity index (χ0) is 18.4. The number of ether oxygens (including phenoxy) is 1. The third-order valence-corrected chi connectivity index (χ3v) is 4.79. The maximum atomic E-state index is 12.1. The van der Waals surface area contributed by atoms with Gasteiger partial charge in [-0.05, 0) is 43.2 Å². The van der Waals surface area contributed by atoms with E-state index in [2.05, 4.69) is 17.2 Å². The first-order chi connectivity index (χ1) is 12.6. The number of benzene rings is 2. The minimum absolute atomic E-state index is 0.191. The van der Waals surface area contributed by atoms with Gasteiger partial charge in [0, 0.05) is 6.08 Å². The Morgan fingerprint density at radius 1 is 1.23 bits per heavy atom. The fourth-order valence-corrected chi connectivity index (χ4v) is 3.28. The average molecular weight is 366 g/mol. The van der Waals surface area contributed by atoms with E-state index in [9.17, 15) is 4.79 Å². The minimum Gasteiger partial charge on any atom is -0.494 e. The second-order valence-corrected chi connectivity index (χ2v) is 7.11. The highest BCUT2D eigenvalue weighted by Gasteiger charge is 2.07. The van der Waals surface area contributed by atoms with Crippen molar-refractivity contribution in [2.24, 2.45) is 0 Å². The minimum atomic E-state index is -0.191. The Balaban J connectivity index is 1.64. The number of aryl methyl sites for hydroxylation is 1. The monoisotopic (exact) mass is 366 g/mol. The summed E-state index contributed by atoms with van der Waals surface area (Å²) in [5, 5.41) is 3.41. The molecule has 3 aromatic rings. The third kappa shape index (κ3) is 4.92. The van der Waals surface area contributed by atoms with Crippen LogP contribution in [0.1, 0.15) is 30.9 Å². The fourth-order valence-electron chi connectivity index (χ4n) is 2.38. The number of aromatic nitrogens is 1. The molecular weight excluding hydrogens is 344 g/mol. The number of fused-ring (bicyclic) bond motifs is 1. The number of carbonyl (C=O) groups is 1. The van der Waals surface area contributed by atoms with Crippen LogP contribution in [0.15, 0.2) is 48.5 Å². The van der Waals surface area contributed by atoms with Gasteiger partial charge >= 0.3 is 0 Å². The van der Waals surface area contributed by atoms with Crippen molar-refractivity contribution in [2.75, 3.05) is 11.9 Å². The molecular formula is C21H22N2O2S. The summed E-state index contributed by atoms with van der Waals surface area (Å²) in [6.45, 7) is 4.89. The van der Waals surface area contributed by atoms with Crippen molar-refractivity contribution < 1.29 is 9.53 Å². The van der Waals surface area contributed by atoms with Gasteiger partial charge in [-0.2, -0.15) is 0 Å². The molecule has 0 fully saturated rings. The summed E-state index contributed by atoms with van der Waals surface area (Å²) in [7, 11) is 0. The predicted molar refractivity (Wildman–Crippen MR) is 109 cm³/mol. The molecule has 0 saturated carbocycles. The quantitative estimate of drug-likeness (QED) is 0.448. The van der Waals surface area contributed by atoms with E-state index < -0.39 is 0 Å². The summed E-state index contributed by atoms with van der Waals surface area (Å²) >= 11 is 1.45. The van der Waals surface area contributed by atoms with Crippen molar-refractivity contribution in [1.82, 2.24) is 4.98 Å². The van der Waals surface area contributed by atoms with Gasteiger partial charge in [-0.15, -0.1) is 0 Å². The lowest BCUT2D eigenvalue weighted by Crippen LogP contribution is -2.07. The summed E-state index contributed by atoms with van der Waals surface area (Å²) < 4.78 is 6.72. The Hall–Kier alpha value is -2.66. The lowest BCUT2D eigenvalue weighted by Gasteiger charge is -2.04.